The van der Waals surface area contributed by atoms with Crippen LogP contribution >= 0.6 is 0 Å². The lowest BCUT2D eigenvalue weighted by molar-refractivity contribution is -0.137. The number of halogens is 3. The molecule has 2 saturated heterocycles. The predicted octanol–water partition coefficient (Wildman–Crippen LogP) is 2.80. The van der Waals surface area contributed by atoms with Crippen LogP contribution in [0.3, 0.4) is 0 Å². The average Bonchev–Trinajstić information content (AvgIpc) is 3.37. The number of nitrogens with zero attached hydrogens (tertiary/aromatic N) is 2. The van der Waals surface area contributed by atoms with Crippen LogP contribution < -0.4 is 5.32 Å². The van der Waals surface area contributed by atoms with Crippen molar-refractivity contribution in [3.8, 4) is 0 Å². The number of benzene rings is 1. The van der Waals surface area contributed by atoms with Crippen LogP contribution in [-0.4, -0.2) is 47.2 Å². The van der Waals surface area contributed by atoms with E-state index in [1.165, 1.54) is 11.0 Å². The number of carbonyl (C=O) groups is 2. The first-order valence-electron chi connectivity index (χ1n) is 9.06. The highest BCUT2D eigenvalue weighted by Crippen LogP contribution is 2.34. The third-order valence-corrected chi connectivity index (χ3v) is 4.96. The maximum absolute atomic E-state index is 13.3. The molecule has 4 rings (SSSR count). The van der Waals surface area contributed by atoms with Crippen LogP contribution in [0.25, 0.3) is 0 Å². The lowest BCUT2D eigenvalue weighted by atomic mass is 10.1. The van der Waals surface area contributed by atoms with Crippen molar-refractivity contribution < 1.29 is 32.0 Å². The van der Waals surface area contributed by atoms with Crippen LogP contribution in [-0.2, 0) is 22.1 Å². The summed E-state index contributed by atoms with van der Waals surface area (Å²) in [4.78, 5) is 26.6. The molecule has 2 bridgehead atoms. The Morgan fingerprint density at radius 2 is 2.07 bits per heavy atom. The Labute approximate surface area is 163 Å². The second kappa shape index (κ2) is 7.18. The minimum Gasteiger partial charge on any atom is -0.374 e. The Morgan fingerprint density at radius 3 is 2.66 bits per heavy atom. The molecule has 154 valence electrons. The van der Waals surface area contributed by atoms with E-state index in [9.17, 15) is 22.8 Å². The lowest BCUT2D eigenvalue weighted by Crippen LogP contribution is -2.41. The summed E-state index contributed by atoms with van der Waals surface area (Å²) in [6, 6.07) is 4.30. The molecule has 29 heavy (non-hydrogen) atoms. The number of rotatable bonds is 4. The number of nitrogens with one attached hydrogen (secondary N) is 1. The summed E-state index contributed by atoms with van der Waals surface area (Å²) in [7, 11) is 0. The summed E-state index contributed by atoms with van der Waals surface area (Å²) in [5.41, 5.74) is -0.651. The molecule has 1 aromatic heterocycles. The minimum atomic E-state index is -4.66. The molecule has 2 aromatic rings. The van der Waals surface area contributed by atoms with Gasteiger partial charge in [0.15, 0.2) is 0 Å². The number of alkyl halides is 3. The molecule has 0 radical (unpaired) electrons. The second-order valence-electron chi connectivity index (χ2n) is 7.26. The maximum atomic E-state index is 13.3. The van der Waals surface area contributed by atoms with Crippen LogP contribution in [0.5, 0.6) is 0 Å². The largest absolute Gasteiger partial charge is 0.416 e. The summed E-state index contributed by atoms with van der Waals surface area (Å²) in [6.45, 7) is 2.42. The van der Waals surface area contributed by atoms with Crippen molar-refractivity contribution in [1.29, 1.82) is 0 Å². The van der Waals surface area contributed by atoms with Gasteiger partial charge in [-0.05, 0) is 31.5 Å². The van der Waals surface area contributed by atoms with Gasteiger partial charge in [-0.3, -0.25) is 9.59 Å². The molecular formula is C19H18F3N3O4. The Kier molecular flexibility index (Phi) is 4.81. The van der Waals surface area contributed by atoms with E-state index in [4.69, 9.17) is 9.26 Å². The van der Waals surface area contributed by atoms with E-state index in [2.05, 4.69) is 10.5 Å². The summed E-state index contributed by atoms with van der Waals surface area (Å²) in [5.74, 6) is -0.794. The number of aromatic nitrogens is 1. The molecule has 0 aliphatic carbocycles. The van der Waals surface area contributed by atoms with Gasteiger partial charge in [-0.1, -0.05) is 5.16 Å². The summed E-state index contributed by atoms with van der Waals surface area (Å²) >= 11 is 0. The first kappa shape index (κ1) is 19.4. The van der Waals surface area contributed by atoms with Gasteiger partial charge in [0.25, 0.3) is 5.91 Å². The van der Waals surface area contributed by atoms with Gasteiger partial charge in [0.2, 0.25) is 5.91 Å². The van der Waals surface area contributed by atoms with Gasteiger partial charge in [-0.2, -0.15) is 13.2 Å². The molecule has 0 spiro atoms. The van der Waals surface area contributed by atoms with Crippen LogP contribution in [0.4, 0.5) is 18.9 Å². The molecule has 0 saturated carbocycles. The number of carbonyl (C=O) groups excluding carboxylic acids is 2. The van der Waals surface area contributed by atoms with E-state index in [1.54, 1.807) is 13.0 Å². The fourth-order valence-corrected chi connectivity index (χ4v) is 3.66. The number of hydrogen-bond acceptors (Lipinski definition) is 5. The number of amides is 2. The average molecular weight is 409 g/mol. The van der Waals surface area contributed by atoms with Crippen molar-refractivity contribution in [2.45, 2.75) is 38.1 Å². The summed E-state index contributed by atoms with van der Waals surface area (Å²) in [5, 5.41) is 6.07. The highest BCUT2D eigenvalue weighted by atomic mass is 19.4. The van der Waals surface area contributed by atoms with Crippen molar-refractivity contribution in [3.05, 3.63) is 46.8 Å². The maximum Gasteiger partial charge on any atom is 0.416 e. The lowest BCUT2D eigenvalue weighted by Gasteiger charge is -2.27. The second-order valence-corrected chi connectivity index (χ2v) is 7.26. The van der Waals surface area contributed by atoms with Crippen molar-refractivity contribution in [2.24, 2.45) is 0 Å². The van der Waals surface area contributed by atoms with E-state index in [0.717, 1.165) is 12.1 Å². The van der Waals surface area contributed by atoms with E-state index >= 15 is 0 Å². The molecule has 2 amide bonds. The van der Waals surface area contributed by atoms with Gasteiger partial charge in [0.1, 0.15) is 5.76 Å². The quantitative estimate of drug-likeness (QED) is 0.840. The van der Waals surface area contributed by atoms with Crippen LogP contribution in [0.1, 0.15) is 33.8 Å². The predicted molar refractivity (Wildman–Crippen MR) is 94.2 cm³/mol. The van der Waals surface area contributed by atoms with Gasteiger partial charge in [0, 0.05) is 23.9 Å². The van der Waals surface area contributed by atoms with Gasteiger partial charge in [-0.15, -0.1) is 0 Å². The van der Waals surface area contributed by atoms with Gasteiger partial charge in [0.05, 0.1) is 36.4 Å². The molecule has 3 heterocycles. The topological polar surface area (TPSA) is 84.7 Å². The third kappa shape index (κ3) is 4.12. The van der Waals surface area contributed by atoms with Crippen molar-refractivity contribution in [3.63, 3.8) is 0 Å². The Hall–Kier alpha value is -2.88. The summed E-state index contributed by atoms with van der Waals surface area (Å²) in [6.07, 6.45) is -4.23. The van der Waals surface area contributed by atoms with E-state index in [-0.39, 0.29) is 35.6 Å². The molecular weight excluding hydrogens is 391 g/mol. The first-order chi connectivity index (χ1) is 13.7. The monoisotopic (exact) mass is 409 g/mol. The number of fused-ring (bicyclic) bond motifs is 2. The highest BCUT2D eigenvalue weighted by molar-refractivity contribution is 5.98. The Bertz CT molecular complexity index is 956. The standard InChI is InChI=1S/C19H18F3N3O4/c1-10-2-15(29-24-10)7-17(26)23-13-4-11(3-12(5-13)19(20,21)22)18(27)25-8-16-6-14(25)9-28-16/h2-5,14,16H,6-9H2,1H3,(H,23,26)/t14-,16-/m0/s1. The van der Waals surface area contributed by atoms with Gasteiger partial charge in [-0.25, -0.2) is 0 Å². The molecule has 2 aliphatic rings. The summed E-state index contributed by atoms with van der Waals surface area (Å²) < 4.78 is 50.4. The van der Waals surface area contributed by atoms with E-state index in [1.807, 2.05) is 0 Å². The molecule has 1 aromatic carbocycles. The molecule has 2 atom stereocenters. The normalized spacial score (nSPS) is 20.9. The number of hydrogen-bond donors (Lipinski definition) is 1. The van der Waals surface area contributed by atoms with Crippen LogP contribution in [0.2, 0.25) is 0 Å². The van der Waals surface area contributed by atoms with E-state index in [0.29, 0.717) is 25.3 Å². The number of morpholine rings is 1. The number of ether oxygens (including phenoxy) is 1. The zero-order chi connectivity index (χ0) is 20.8. The Balaban J connectivity index is 1.57. The van der Waals surface area contributed by atoms with Crippen molar-refractivity contribution in [1.82, 2.24) is 10.1 Å². The van der Waals surface area contributed by atoms with E-state index < -0.39 is 23.6 Å². The smallest absolute Gasteiger partial charge is 0.374 e. The number of aryl methyl sites for hydroxylation is 1. The highest BCUT2D eigenvalue weighted by Gasteiger charge is 2.42. The van der Waals surface area contributed by atoms with Crippen molar-refractivity contribution in [2.75, 3.05) is 18.5 Å². The van der Waals surface area contributed by atoms with Gasteiger partial charge >= 0.3 is 6.18 Å². The zero-order valence-corrected chi connectivity index (χ0v) is 15.5. The van der Waals surface area contributed by atoms with Crippen LogP contribution in [0.15, 0.2) is 28.8 Å². The third-order valence-electron chi connectivity index (χ3n) is 4.96. The molecule has 2 aliphatic heterocycles. The molecule has 1 N–H and O–H groups in total. The van der Waals surface area contributed by atoms with Gasteiger partial charge < -0.3 is 19.5 Å². The fraction of sp³-hybridized carbons (Fsp3) is 0.421. The molecule has 7 nitrogen and oxygen atoms in total. The SMILES string of the molecule is Cc1cc(CC(=O)Nc2cc(C(=O)N3C[C@@H]4C[C@H]3CO4)cc(C(F)(F)F)c2)on1. The zero-order valence-electron chi connectivity index (χ0n) is 15.5. The Morgan fingerprint density at radius 1 is 1.28 bits per heavy atom. The molecule has 0 unspecified atom stereocenters. The van der Waals surface area contributed by atoms with Crippen LogP contribution in [0, 0.1) is 6.92 Å². The first-order valence-corrected chi connectivity index (χ1v) is 9.06. The molecule has 10 heteroatoms. The number of anilines is 1. The number of likely N-dealkylation sites (tertiary alicyclic amines) is 1. The molecule has 2 fully saturated rings. The minimum absolute atomic E-state index is 0.0701. The van der Waals surface area contributed by atoms with Crippen molar-refractivity contribution >= 4 is 17.5 Å². The fourth-order valence-electron chi connectivity index (χ4n) is 3.66.